The van der Waals surface area contributed by atoms with Crippen LogP contribution < -0.4 is 11.5 Å². The van der Waals surface area contributed by atoms with Gasteiger partial charge >= 0.3 is 0 Å². The highest BCUT2D eigenvalue weighted by molar-refractivity contribution is 5.85. The van der Waals surface area contributed by atoms with E-state index in [1.807, 2.05) is 0 Å². The summed E-state index contributed by atoms with van der Waals surface area (Å²) in [6.45, 7) is 4.73. The SMILES string of the molecule is CCCCN(CC(N)=O)C(=O)C1C(C)CCCC1N. The van der Waals surface area contributed by atoms with Gasteiger partial charge in [0.2, 0.25) is 11.8 Å². The molecule has 0 saturated heterocycles. The van der Waals surface area contributed by atoms with Gasteiger partial charge in [-0.3, -0.25) is 9.59 Å². The molecular formula is C14H27N3O2. The Morgan fingerprint density at radius 2 is 2.00 bits per heavy atom. The summed E-state index contributed by atoms with van der Waals surface area (Å²) in [6, 6.07) is -0.0896. The summed E-state index contributed by atoms with van der Waals surface area (Å²) in [4.78, 5) is 25.3. The third kappa shape index (κ3) is 4.49. The Labute approximate surface area is 115 Å². The summed E-state index contributed by atoms with van der Waals surface area (Å²) < 4.78 is 0. The van der Waals surface area contributed by atoms with Gasteiger partial charge in [0.25, 0.3) is 0 Å². The molecule has 5 heteroatoms. The third-order valence-electron chi connectivity index (χ3n) is 4.00. The number of unbranched alkanes of at least 4 members (excludes halogenated alkanes) is 1. The van der Waals surface area contributed by atoms with E-state index in [0.717, 1.165) is 32.1 Å². The summed E-state index contributed by atoms with van der Waals surface area (Å²) in [5.74, 6) is -0.327. The highest BCUT2D eigenvalue weighted by Crippen LogP contribution is 2.30. The number of carbonyl (C=O) groups is 2. The molecule has 19 heavy (non-hydrogen) atoms. The predicted octanol–water partition coefficient (Wildman–Crippen LogP) is 0.864. The standard InChI is InChI=1S/C14H27N3O2/c1-3-4-8-17(9-12(16)18)14(19)13-10(2)6-5-7-11(13)15/h10-11,13H,3-9,15H2,1-2H3,(H2,16,18). The highest BCUT2D eigenvalue weighted by atomic mass is 16.2. The van der Waals surface area contributed by atoms with Crippen LogP contribution in [-0.4, -0.2) is 35.8 Å². The molecule has 0 aromatic carbocycles. The number of hydrogen-bond donors (Lipinski definition) is 2. The molecule has 5 nitrogen and oxygen atoms in total. The van der Waals surface area contributed by atoms with Crippen molar-refractivity contribution in [1.82, 2.24) is 4.90 Å². The number of amides is 2. The van der Waals surface area contributed by atoms with Crippen LogP contribution in [0, 0.1) is 11.8 Å². The average Bonchev–Trinajstić information content (AvgIpc) is 2.33. The second-order valence-corrected chi connectivity index (χ2v) is 5.68. The van der Waals surface area contributed by atoms with E-state index in [2.05, 4.69) is 13.8 Å². The molecule has 1 rings (SSSR count). The molecule has 1 aliphatic carbocycles. The summed E-state index contributed by atoms with van der Waals surface area (Å²) in [5.41, 5.74) is 11.3. The van der Waals surface area contributed by atoms with Gasteiger partial charge in [0, 0.05) is 12.6 Å². The number of nitrogens with zero attached hydrogens (tertiary/aromatic N) is 1. The molecule has 3 unspecified atom stereocenters. The van der Waals surface area contributed by atoms with Crippen LogP contribution in [-0.2, 0) is 9.59 Å². The van der Waals surface area contributed by atoms with Crippen LogP contribution in [0.15, 0.2) is 0 Å². The first kappa shape index (κ1) is 16.0. The van der Waals surface area contributed by atoms with Gasteiger partial charge in [0.1, 0.15) is 0 Å². The molecular weight excluding hydrogens is 242 g/mol. The molecule has 3 atom stereocenters. The lowest BCUT2D eigenvalue weighted by Gasteiger charge is -2.36. The smallest absolute Gasteiger partial charge is 0.237 e. The van der Waals surface area contributed by atoms with Crippen LogP contribution in [0.3, 0.4) is 0 Å². The zero-order valence-electron chi connectivity index (χ0n) is 12.1. The van der Waals surface area contributed by atoms with Crippen LogP contribution in [0.4, 0.5) is 0 Å². The fourth-order valence-corrected chi connectivity index (χ4v) is 2.90. The topological polar surface area (TPSA) is 89.4 Å². The molecule has 1 saturated carbocycles. The van der Waals surface area contributed by atoms with Crippen molar-refractivity contribution >= 4 is 11.8 Å². The summed E-state index contributed by atoms with van der Waals surface area (Å²) in [6.07, 6.45) is 4.86. The van der Waals surface area contributed by atoms with E-state index in [-0.39, 0.29) is 30.3 Å². The second-order valence-electron chi connectivity index (χ2n) is 5.68. The monoisotopic (exact) mass is 269 g/mol. The Kier molecular flexibility index (Phi) is 6.28. The molecule has 0 radical (unpaired) electrons. The van der Waals surface area contributed by atoms with Crippen molar-refractivity contribution in [2.45, 2.75) is 52.0 Å². The Bertz CT molecular complexity index is 310. The first-order chi connectivity index (χ1) is 8.97. The van der Waals surface area contributed by atoms with E-state index >= 15 is 0 Å². The fraction of sp³-hybridized carbons (Fsp3) is 0.857. The normalized spacial score (nSPS) is 27.0. The molecule has 2 amide bonds. The maximum atomic E-state index is 12.6. The van der Waals surface area contributed by atoms with Gasteiger partial charge in [-0.2, -0.15) is 0 Å². The van der Waals surface area contributed by atoms with Crippen molar-refractivity contribution < 1.29 is 9.59 Å². The largest absolute Gasteiger partial charge is 0.368 e. The van der Waals surface area contributed by atoms with Crippen LogP contribution in [0.2, 0.25) is 0 Å². The van der Waals surface area contributed by atoms with E-state index in [1.54, 1.807) is 4.90 Å². The Morgan fingerprint density at radius 3 is 2.53 bits per heavy atom. The molecule has 0 heterocycles. The first-order valence-corrected chi connectivity index (χ1v) is 7.30. The average molecular weight is 269 g/mol. The quantitative estimate of drug-likeness (QED) is 0.749. The van der Waals surface area contributed by atoms with Gasteiger partial charge in [0.15, 0.2) is 0 Å². The lowest BCUT2D eigenvalue weighted by Crippen LogP contribution is -2.50. The minimum Gasteiger partial charge on any atom is -0.368 e. The zero-order chi connectivity index (χ0) is 14.4. The van der Waals surface area contributed by atoms with Crippen molar-refractivity contribution in [1.29, 1.82) is 0 Å². The van der Waals surface area contributed by atoms with E-state index in [1.165, 1.54) is 0 Å². The number of hydrogen-bond acceptors (Lipinski definition) is 3. The number of rotatable bonds is 6. The Morgan fingerprint density at radius 1 is 1.32 bits per heavy atom. The van der Waals surface area contributed by atoms with Crippen molar-refractivity contribution in [2.75, 3.05) is 13.1 Å². The summed E-state index contributed by atoms with van der Waals surface area (Å²) >= 11 is 0. The van der Waals surface area contributed by atoms with E-state index in [4.69, 9.17) is 11.5 Å². The third-order valence-corrected chi connectivity index (χ3v) is 4.00. The second kappa shape index (κ2) is 7.48. The minimum absolute atomic E-state index is 0.00644. The van der Waals surface area contributed by atoms with Gasteiger partial charge in [-0.25, -0.2) is 0 Å². The fourth-order valence-electron chi connectivity index (χ4n) is 2.90. The Balaban J connectivity index is 2.75. The Hall–Kier alpha value is -1.10. The van der Waals surface area contributed by atoms with Crippen LogP contribution in [0.1, 0.15) is 46.0 Å². The lowest BCUT2D eigenvalue weighted by molar-refractivity contribution is -0.141. The number of primary amides is 1. The molecule has 1 aliphatic rings. The molecule has 0 bridgehead atoms. The van der Waals surface area contributed by atoms with Gasteiger partial charge in [0.05, 0.1) is 12.5 Å². The van der Waals surface area contributed by atoms with Gasteiger partial charge in [-0.15, -0.1) is 0 Å². The number of nitrogens with two attached hydrogens (primary N) is 2. The maximum absolute atomic E-state index is 12.6. The van der Waals surface area contributed by atoms with Crippen LogP contribution >= 0.6 is 0 Å². The van der Waals surface area contributed by atoms with Crippen LogP contribution in [0.25, 0.3) is 0 Å². The highest BCUT2D eigenvalue weighted by Gasteiger charge is 2.36. The molecule has 4 N–H and O–H groups in total. The van der Waals surface area contributed by atoms with E-state index in [9.17, 15) is 9.59 Å². The van der Waals surface area contributed by atoms with Crippen molar-refractivity contribution in [2.24, 2.45) is 23.3 Å². The molecule has 110 valence electrons. The van der Waals surface area contributed by atoms with E-state index < -0.39 is 5.91 Å². The van der Waals surface area contributed by atoms with Crippen molar-refractivity contribution in [3.8, 4) is 0 Å². The van der Waals surface area contributed by atoms with Gasteiger partial charge < -0.3 is 16.4 Å². The molecule has 0 aromatic rings. The summed E-state index contributed by atoms with van der Waals surface area (Å²) in [5, 5.41) is 0. The zero-order valence-corrected chi connectivity index (χ0v) is 12.1. The lowest BCUT2D eigenvalue weighted by atomic mass is 9.76. The first-order valence-electron chi connectivity index (χ1n) is 7.30. The van der Waals surface area contributed by atoms with Crippen LogP contribution in [0.5, 0.6) is 0 Å². The summed E-state index contributed by atoms with van der Waals surface area (Å²) in [7, 11) is 0. The van der Waals surface area contributed by atoms with Crippen molar-refractivity contribution in [3.63, 3.8) is 0 Å². The predicted molar refractivity (Wildman–Crippen MR) is 75.2 cm³/mol. The molecule has 0 aliphatic heterocycles. The minimum atomic E-state index is -0.457. The van der Waals surface area contributed by atoms with Crippen molar-refractivity contribution in [3.05, 3.63) is 0 Å². The molecule has 0 spiro atoms. The van der Waals surface area contributed by atoms with Gasteiger partial charge in [-0.05, 0) is 25.2 Å². The van der Waals surface area contributed by atoms with E-state index in [0.29, 0.717) is 6.54 Å². The maximum Gasteiger partial charge on any atom is 0.237 e. The number of carbonyl (C=O) groups excluding carboxylic acids is 2. The molecule has 0 aromatic heterocycles. The molecule has 1 fully saturated rings. The van der Waals surface area contributed by atoms with Gasteiger partial charge in [-0.1, -0.05) is 26.7 Å².